The molecule has 0 amide bonds. The van der Waals surface area contributed by atoms with Gasteiger partial charge in [-0.1, -0.05) is 12.1 Å². The minimum Gasteiger partial charge on any atom is -0.377 e. The number of benzene rings is 1. The zero-order chi connectivity index (χ0) is 18.9. The molecule has 8 heteroatoms. The van der Waals surface area contributed by atoms with Gasteiger partial charge in [0, 0.05) is 24.0 Å². The second kappa shape index (κ2) is 6.90. The lowest BCUT2D eigenvalue weighted by molar-refractivity contribution is 0.183. The largest absolute Gasteiger partial charge is 0.377 e. The molecule has 2 unspecified atom stereocenters. The van der Waals surface area contributed by atoms with Crippen molar-refractivity contribution in [2.75, 3.05) is 18.5 Å². The Morgan fingerprint density at radius 3 is 2.79 bits per heavy atom. The number of aromatic amines is 1. The van der Waals surface area contributed by atoms with Gasteiger partial charge in [-0.25, -0.2) is 9.67 Å². The fraction of sp³-hybridized carbons (Fsp3) is 0.200. The highest BCUT2D eigenvalue weighted by atomic mass is 16.5. The van der Waals surface area contributed by atoms with Crippen LogP contribution in [0.5, 0.6) is 0 Å². The van der Waals surface area contributed by atoms with Gasteiger partial charge in [0.05, 0.1) is 36.0 Å². The van der Waals surface area contributed by atoms with Crippen molar-refractivity contribution >= 4 is 17.0 Å². The van der Waals surface area contributed by atoms with E-state index in [4.69, 9.17) is 4.74 Å². The smallest absolute Gasteiger partial charge is 0.267 e. The molecular formula is C20H18N6O2. The second-order valence-electron chi connectivity index (χ2n) is 6.70. The molecular weight excluding hydrogens is 356 g/mol. The van der Waals surface area contributed by atoms with Gasteiger partial charge in [0.25, 0.3) is 5.56 Å². The van der Waals surface area contributed by atoms with Gasteiger partial charge in [-0.05, 0) is 30.3 Å². The normalized spacial score (nSPS) is 19.1. The lowest BCUT2D eigenvalue weighted by Gasteiger charge is -2.20. The fourth-order valence-electron chi connectivity index (χ4n) is 3.46. The number of hydrogen-bond acceptors (Lipinski definition) is 6. The fourth-order valence-corrected chi connectivity index (χ4v) is 3.46. The second-order valence-corrected chi connectivity index (χ2v) is 6.70. The lowest BCUT2D eigenvalue weighted by atomic mass is 10.1. The minimum absolute atomic E-state index is 0.126. The van der Waals surface area contributed by atoms with Crippen LogP contribution >= 0.6 is 0 Å². The molecule has 4 aromatic rings. The summed E-state index contributed by atoms with van der Waals surface area (Å²) < 4.78 is 7.16. The summed E-state index contributed by atoms with van der Waals surface area (Å²) >= 11 is 0. The number of imidazole rings is 1. The average molecular weight is 374 g/mol. The van der Waals surface area contributed by atoms with E-state index in [1.165, 1.54) is 4.68 Å². The monoisotopic (exact) mass is 374 g/mol. The molecule has 140 valence electrons. The third-order valence-electron chi connectivity index (χ3n) is 4.88. The Labute approximate surface area is 160 Å². The number of pyridine rings is 1. The van der Waals surface area contributed by atoms with Crippen molar-refractivity contribution in [1.29, 1.82) is 0 Å². The summed E-state index contributed by atoms with van der Waals surface area (Å²) in [6, 6.07) is 14.5. The van der Waals surface area contributed by atoms with Crippen molar-refractivity contribution in [1.82, 2.24) is 24.7 Å². The first-order valence-corrected chi connectivity index (χ1v) is 9.07. The van der Waals surface area contributed by atoms with Crippen molar-refractivity contribution in [3.05, 3.63) is 71.3 Å². The molecule has 1 aliphatic heterocycles. The molecule has 5 rings (SSSR count). The topological polar surface area (TPSA) is 97.7 Å². The Bertz CT molecular complexity index is 1140. The van der Waals surface area contributed by atoms with E-state index in [1.807, 2.05) is 36.4 Å². The number of fused-ring (bicyclic) bond motifs is 1. The zero-order valence-electron chi connectivity index (χ0n) is 14.9. The Kier molecular flexibility index (Phi) is 4.10. The summed E-state index contributed by atoms with van der Waals surface area (Å²) in [6.07, 6.45) is 3.41. The molecule has 1 aliphatic rings. The minimum atomic E-state index is -0.234. The van der Waals surface area contributed by atoms with Crippen molar-refractivity contribution in [3.63, 3.8) is 0 Å². The summed E-state index contributed by atoms with van der Waals surface area (Å²) in [5.41, 5.74) is 3.30. The van der Waals surface area contributed by atoms with E-state index in [0.717, 1.165) is 22.3 Å². The van der Waals surface area contributed by atoms with Gasteiger partial charge in [-0.3, -0.25) is 9.78 Å². The standard InChI is InChI=1S/C20H18N6O2/c27-19-6-5-14(13-7-9-21-10-8-13)25-26(19)18-12-28-11-17(18)24-20-22-15-3-1-2-4-16(15)23-20/h1-10,17-18H,11-12H2,(H2,22,23,24). The summed E-state index contributed by atoms with van der Waals surface area (Å²) in [7, 11) is 0. The number of ether oxygens (including phenoxy) is 1. The molecule has 1 aromatic carbocycles. The molecule has 0 radical (unpaired) electrons. The quantitative estimate of drug-likeness (QED) is 0.569. The van der Waals surface area contributed by atoms with Crippen LogP contribution in [0.4, 0.5) is 5.95 Å². The zero-order valence-corrected chi connectivity index (χ0v) is 14.9. The van der Waals surface area contributed by atoms with Crippen molar-refractivity contribution in [2.45, 2.75) is 12.1 Å². The maximum atomic E-state index is 12.5. The van der Waals surface area contributed by atoms with E-state index < -0.39 is 0 Å². The highest BCUT2D eigenvalue weighted by Gasteiger charge is 2.32. The molecule has 0 saturated carbocycles. The lowest BCUT2D eigenvalue weighted by Crippen LogP contribution is -2.37. The van der Waals surface area contributed by atoms with E-state index in [9.17, 15) is 4.79 Å². The Balaban J connectivity index is 1.45. The predicted octanol–water partition coefficient (Wildman–Crippen LogP) is 2.23. The first kappa shape index (κ1) is 16.6. The van der Waals surface area contributed by atoms with Crippen molar-refractivity contribution in [2.24, 2.45) is 0 Å². The number of rotatable bonds is 4. The number of aromatic nitrogens is 5. The molecule has 0 aliphatic carbocycles. The van der Waals surface area contributed by atoms with Crippen LogP contribution < -0.4 is 10.9 Å². The van der Waals surface area contributed by atoms with E-state index in [-0.39, 0.29) is 17.6 Å². The van der Waals surface area contributed by atoms with E-state index in [2.05, 4.69) is 25.4 Å². The molecule has 1 fully saturated rings. The number of hydrogen-bond donors (Lipinski definition) is 2. The number of nitrogens with one attached hydrogen (secondary N) is 2. The molecule has 0 bridgehead atoms. The van der Waals surface area contributed by atoms with Gasteiger partial charge in [0.15, 0.2) is 0 Å². The summed E-state index contributed by atoms with van der Waals surface area (Å²) in [5.74, 6) is 0.653. The predicted molar refractivity (Wildman–Crippen MR) is 105 cm³/mol. The van der Waals surface area contributed by atoms with Crippen molar-refractivity contribution < 1.29 is 4.74 Å². The first-order chi connectivity index (χ1) is 13.8. The van der Waals surface area contributed by atoms with Gasteiger partial charge in [-0.15, -0.1) is 0 Å². The van der Waals surface area contributed by atoms with Gasteiger partial charge in [-0.2, -0.15) is 5.10 Å². The SMILES string of the molecule is O=c1ccc(-c2ccncc2)nn1C1COCC1Nc1nc2ccccc2[nH]1. The average Bonchev–Trinajstić information content (AvgIpc) is 3.35. The molecule has 0 spiro atoms. The van der Waals surface area contributed by atoms with Crippen LogP contribution in [-0.2, 0) is 4.74 Å². The molecule has 28 heavy (non-hydrogen) atoms. The van der Waals surface area contributed by atoms with Crippen molar-refractivity contribution in [3.8, 4) is 11.3 Å². The van der Waals surface area contributed by atoms with Crippen LogP contribution in [0, 0.1) is 0 Å². The van der Waals surface area contributed by atoms with Crippen LogP contribution in [0.2, 0.25) is 0 Å². The molecule has 1 saturated heterocycles. The molecule has 2 N–H and O–H groups in total. The van der Waals surface area contributed by atoms with Gasteiger partial charge >= 0.3 is 0 Å². The number of para-hydroxylation sites is 2. The van der Waals surface area contributed by atoms with Crippen LogP contribution in [-0.4, -0.2) is 44.0 Å². The van der Waals surface area contributed by atoms with Crippen LogP contribution in [0.3, 0.4) is 0 Å². The molecule has 8 nitrogen and oxygen atoms in total. The number of anilines is 1. The van der Waals surface area contributed by atoms with Gasteiger partial charge in [0.2, 0.25) is 5.95 Å². The number of H-pyrrole nitrogens is 1. The van der Waals surface area contributed by atoms with E-state index in [0.29, 0.717) is 19.2 Å². The Hall–Kier alpha value is -3.52. The molecule has 3 aromatic heterocycles. The van der Waals surface area contributed by atoms with Crippen LogP contribution in [0.1, 0.15) is 6.04 Å². The maximum absolute atomic E-state index is 12.5. The Morgan fingerprint density at radius 2 is 1.93 bits per heavy atom. The molecule has 2 atom stereocenters. The summed E-state index contributed by atoms with van der Waals surface area (Å²) in [6.45, 7) is 0.875. The summed E-state index contributed by atoms with van der Waals surface area (Å²) in [4.78, 5) is 24.3. The van der Waals surface area contributed by atoms with E-state index >= 15 is 0 Å². The highest BCUT2D eigenvalue weighted by molar-refractivity contribution is 5.77. The third kappa shape index (κ3) is 3.03. The maximum Gasteiger partial charge on any atom is 0.267 e. The van der Waals surface area contributed by atoms with Crippen LogP contribution in [0.25, 0.3) is 22.3 Å². The summed E-state index contributed by atoms with van der Waals surface area (Å²) in [5, 5.41) is 7.95. The van der Waals surface area contributed by atoms with E-state index in [1.54, 1.807) is 24.5 Å². The van der Waals surface area contributed by atoms with Gasteiger partial charge in [0.1, 0.15) is 6.04 Å². The highest BCUT2D eigenvalue weighted by Crippen LogP contribution is 2.23. The molecule has 4 heterocycles. The van der Waals surface area contributed by atoms with Crippen LogP contribution in [0.15, 0.2) is 65.7 Å². The number of nitrogens with zero attached hydrogens (tertiary/aromatic N) is 4. The first-order valence-electron chi connectivity index (χ1n) is 9.07. The van der Waals surface area contributed by atoms with Gasteiger partial charge < -0.3 is 15.0 Å². The third-order valence-corrected chi connectivity index (χ3v) is 4.88. The Morgan fingerprint density at radius 1 is 1.07 bits per heavy atom.